The molecule has 1 unspecified atom stereocenters. The number of furan rings is 1. The van der Waals surface area contributed by atoms with E-state index in [2.05, 4.69) is 0 Å². The van der Waals surface area contributed by atoms with E-state index in [0.717, 1.165) is 0 Å². The van der Waals surface area contributed by atoms with Crippen LogP contribution in [0.2, 0.25) is 0 Å². The Morgan fingerprint density at radius 1 is 1.09 bits per heavy atom. The van der Waals surface area contributed by atoms with Crippen LogP contribution in [0.3, 0.4) is 0 Å². The van der Waals surface area contributed by atoms with E-state index >= 15 is 0 Å². The van der Waals surface area contributed by atoms with Crippen molar-refractivity contribution in [1.82, 2.24) is 4.90 Å². The summed E-state index contributed by atoms with van der Waals surface area (Å²) in [5.41, 5.74) is 1.42. The molecule has 2 heterocycles. The second-order valence-electron chi connectivity index (χ2n) is 7.62. The van der Waals surface area contributed by atoms with E-state index in [9.17, 15) is 19.8 Å². The lowest BCUT2D eigenvalue weighted by molar-refractivity contribution is -0.140. The number of aryl methyl sites for hydroxylation is 1. The van der Waals surface area contributed by atoms with Crippen molar-refractivity contribution in [1.29, 1.82) is 0 Å². The quantitative estimate of drug-likeness (QED) is 0.333. The van der Waals surface area contributed by atoms with Gasteiger partial charge in [0.25, 0.3) is 11.7 Å². The third-order valence-corrected chi connectivity index (χ3v) is 5.65. The van der Waals surface area contributed by atoms with Crippen LogP contribution in [0.25, 0.3) is 5.76 Å². The molecule has 0 bridgehead atoms. The molecule has 2 N–H and O–H groups in total. The predicted molar refractivity (Wildman–Crippen MR) is 119 cm³/mol. The van der Waals surface area contributed by atoms with Crippen LogP contribution in [-0.4, -0.2) is 41.0 Å². The number of ether oxygens (including phenoxy) is 2. The second-order valence-corrected chi connectivity index (χ2v) is 7.62. The van der Waals surface area contributed by atoms with Gasteiger partial charge in [-0.15, -0.1) is 0 Å². The second kappa shape index (κ2) is 8.74. The highest BCUT2D eigenvalue weighted by Gasteiger charge is 2.46. The third kappa shape index (κ3) is 3.91. The molecule has 0 aliphatic carbocycles. The topological polar surface area (TPSA) is 109 Å². The molecule has 0 spiro atoms. The first kappa shape index (κ1) is 22.0. The standard InChI is InChI=1S/C25H23NO7/c1-14-11-16(31-2)7-8-18(14)23(28)21-22(15-6-9-20(32-3)19(27)12-15)26(25(30)24(21)29)13-17-5-4-10-33-17/h4-12,22,27-28H,13H2,1-3H3/b23-21-. The maximum Gasteiger partial charge on any atom is 0.296 e. The average molecular weight is 449 g/mol. The summed E-state index contributed by atoms with van der Waals surface area (Å²) in [6.07, 6.45) is 1.47. The van der Waals surface area contributed by atoms with Crippen molar-refractivity contribution in [3.8, 4) is 17.2 Å². The number of likely N-dealkylation sites (tertiary alicyclic amines) is 1. The molecule has 1 aromatic heterocycles. The Morgan fingerprint density at radius 3 is 2.48 bits per heavy atom. The van der Waals surface area contributed by atoms with Crippen LogP contribution in [0.4, 0.5) is 0 Å². The highest BCUT2D eigenvalue weighted by atomic mass is 16.5. The van der Waals surface area contributed by atoms with Crippen LogP contribution in [0.1, 0.15) is 28.5 Å². The Morgan fingerprint density at radius 2 is 1.88 bits per heavy atom. The van der Waals surface area contributed by atoms with Gasteiger partial charge in [-0.05, 0) is 60.5 Å². The molecule has 2 aromatic carbocycles. The molecule has 1 amide bonds. The SMILES string of the molecule is COc1ccc(/C(O)=C2/C(=O)C(=O)N(Cc3ccco3)C2c2ccc(OC)c(O)c2)c(C)c1. The average Bonchev–Trinajstić information content (AvgIpc) is 3.41. The monoisotopic (exact) mass is 449 g/mol. The molecule has 1 fully saturated rings. The van der Waals surface area contributed by atoms with Crippen LogP contribution in [0, 0.1) is 6.92 Å². The van der Waals surface area contributed by atoms with Gasteiger partial charge in [-0.2, -0.15) is 0 Å². The molecule has 3 aromatic rings. The normalized spacial score (nSPS) is 17.4. The number of methoxy groups -OCH3 is 2. The largest absolute Gasteiger partial charge is 0.507 e. The Bertz CT molecular complexity index is 1240. The fraction of sp³-hybridized carbons (Fsp3) is 0.200. The minimum absolute atomic E-state index is 0.00735. The predicted octanol–water partition coefficient (Wildman–Crippen LogP) is 3.93. The number of aliphatic hydroxyl groups excluding tert-OH is 1. The molecule has 170 valence electrons. The molecule has 1 atom stereocenters. The van der Waals surface area contributed by atoms with Crippen molar-refractivity contribution in [3.05, 3.63) is 82.8 Å². The number of rotatable bonds is 6. The summed E-state index contributed by atoms with van der Waals surface area (Å²) in [5.74, 6) is -0.754. The van der Waals surface area contributed by atoms with Crippen LogP contribution in [0.15, 0.2) is 64.8 Å². The molecule has 4 rings (SSSR count). The highest BCUT2D eigenvalue weighted by molar-refractivity contribution is 6.46. The van der Waals surface area contributed by atoms with Crippen molar-refractivity contribution in [2.45, 2.75) is 19.5 Å². The molecule has 33 heavy (non-hydrogen) atoms. The van der Waals surface area contributed by atoms with Gasteiger partial charge in [0.05, 0.1) is 38.6 Å². The number of hydrogen-bond acceptors (Lipinski definition) is 7. The zero-order valence-electron chi connectivity index (χ0n) is 18.4. The number of carbonyl (C=O) groups excluding carboxylic acids is 2. The number of Topliss-reactive ketones (excluding diaryl/α,β-unsaturated/α-hetero) is 1. The molecule has 1 aliphatic heterocycles. The number of carbonyl (C=O) groups is 2. The number of nitrogens with zero attached hydrogens (tertiary/aromatic N) is 1. The summed E-state index contributed by atoms with van der Waals surface area (Å²) in [5, 5.41) is 21.6. The van der Waals surface area contributed by atoms with Crippen LogP contribution in [0.5, 0.6) is 17.2 Å². The molecule has 0 saturated carbocycles. The van der Waals surface area contributed by atoms with E-state index in [0.29, 0.717) is 28.2 Å². The molecular weight excluding hydrogens is 426 g/mol. The van der Waals surface area contributed by atoms with Crippen molar-refractivity contribution >= 4 is 17.4 Å². The first-order valence-corrected chi connectivity index (χ1v) is 10.2. The van der Waals surface area contributed by atoms with Crippen molar-refractivity contribution < 1.29 is 33.7 Å². The highest BCUT2D eigenvalue weighted by Crippen LogP contribution is 2.43. The van der Waals surface area contributed by atoms with Crippen LogP contribution < -0.4 is 9.47 Å². The summed E-state index contributed by atoms with van der Waals surface area (Å²) in [6.45, 7) is 1.78. The van der Waals surface area contributed by atoms with Gasteiger partial charge in [0, 0.05) is 5.56 Å². The summed E-state index contributed by atoms with van der Waals surface area (Å²) in [7, 11) is 2.95. The van der Waals surface area contributed by atoms with Crippen molar-refractivity contribution in [3.63, 3.8) is 0 Å². The van der Waals surface area contributed by atoms with Crippen LogP contribution >= 0.6 is 0 Å². The molecule has 0 radical (unpaired) electrons. The molecule has 1 saturated heterocycles. The van der Waals surface area contributed by atoms with Gasteiger partial charge < -0.3 is 29.0 Å². The van der Waals surface area contributed by atoms with Crippen molar-refractivity contribution in [2.24, 2.45) is 0 Å². The fourth-order valence-corrected chi connectivity index (χ4v) is 4.01. The third-order valence-electron chi connectivity index (χ3n) is 5.65. The maximum atomic E-state index is 13.1. The van der Waals surface area contributed by atoms with Crippen molar-refractivity contribution in [2.75, 3.05) is 14.2 Å². The molecule has 8 heteroatoms. The lowest BCUT2D eigenvalue weighted by Crippen LogP contribution is -2.29. The minimum Gasteiger partial charge on any atom is -0.507 e. The number of hydrogen-bond donors (Lipinski definition) is 2. The van der Waals surface area contributed by atoms with Crippen LogP contribution in [-0.2, 0) is 16.1 Å². The van der Waals surface area contributed by atoms with E-state index in [1.807, 2.05) is 0 Å². The molecular formula is C25H23NO7. The fourth-order valence-electron chi connectivity index (χ4n) is 4.01. The van der Waals surface area contributed by atoms with E-state index < -0.39 is 17.7 Å². The van der Waals surface area contributed by atoms with Gasteiger partial charge >= 0.3 is 0 Å². The Labute approximate surface area is 190 Å². The zero-order chi connectivity index (χ0) is 23.7. The Balaban J connectivity index is 1.89. The Kier molecular flexibility index (Phi) is 5.83. The van der Waals surface area contributed by atoms with Gasteiger partial charge in [-0.25, -0.2) is 0 Å². The molecule has 8 nitrogen and oxygen atoms in total. The van der Waals surface area contributed by atoms with E-state index in [-0.39, 0.29) is 29.4 Å². The number of phenols is 1. The lowest BCUT2D eigenvalue weighted by atomic mass is 9.93. The number of aromatic hydroxyl groups is 1. The molecule has 1 aliphatic rings. The van der Waals surface area contributed by atoms with E-state index in [1.54, 1.807) is 43.3 Å². The zero-order valence-corrected chi connectivity index (χ0v) is 18.4. The summed E-state index contributed by atoms with van der Waals surface area (Å²) in [4.78, 5) is 27.5. The minimum atomic E-state index is -0.951. The summed E-state index contributed by atoms with van der Waals surface area (Å²) in [6, 6.07) is 12.0. The first-order valence-electron chi connectivity index (χ1n) is 10.2. The smallest absolute Gasteiger partial charge is 0.296 e. The van der Waals surface area contributed by atoms with Gasteiger partial charge in [0.1, 0.15) is 17.3 Å². The number of ketones is 1. The maximum absolute atomic E-state index is 13.1. The van der Waals surface area contributed by atoms with Gasteiger partial charge in [-0.1, -0.05) is 6.07 Å². The number of phenolic OH excluding ortho intramolecular Hbond substituents is 1. The summed E-state index contributed by atoms with van der Waals surface area (Å²) < 4.78 is 15.7. The number of benzene rings is 2. The number of amides is 1. The van der Waals surface area contributed by atoms with E-state index in [1.165, 1.54) is 37.5 Å². The first-order chi connectivity index (χ1) is 15.8. The summed E-state index contributed by atoms with van der Waals surface area (Å²) >= 11 is 0. The van der Waals surface area contributed by atoms with Gasteiger partial charge in [-0.3, -0.25) is 9.59 Å². The lowest BCUT2D eigenvalue weighted by Gasteiger charge is -2.25. The van der Waals surface area contributed by atoms with Gasteiger partial charge in [0.15, 0.2) is 11.5 Å². The Hall–Kier alpha value is -4.20. The van der Waals surface area contributed by atoms with Gasteiger partial charge in [0.2, 0.25) is 0 Å². The number of aliphatic hydroxyl groups is 1. The van der Waals surface area contributed by atoms with E-state index in [4.69, 9.17) is 13.9 Å².